The Labute approximate surface area is 75.2 Å². The minimum Gasteiger partial charge on any atom is -0.352 e. The van der Waals surface area contributed by atoms with Crippen LogP contribution in [0.15, 0.2) is 0 Å². The summed E-state index contributed by atoms with van der Waals surface area (Å²) in [6, 6.07) is 0. The van der Waals surface area contributed by atoms with Crippen molar-refractivity contribution in [2.24, 2.45) is 5.41 Å². The molecular weight excluding hydrogens is 152 g/mol. The van der Waals surface area contributed by atoms with Gasteiger partial charge in [-0.1, -0.05) is 27.2 Å². The maximum absolute atomic E-state index is 5.72. The van der Waals surface area contributed by atoms with Crippen molar-refractivity contribution in [2.75, 3.05) is 6.61 Å². The monoisotopic (exact) mass is 172 g/mol. The highest BCUT2D eigenvalue weighted by atomic mass is 16.7. The van der Waals surface area contributed by atoms with Gasteiger partial charge in [-0.25, -0.2) is 0 Å². The molecule has 1 heterocycles. The van der Waals surface area contributed by atoms with E-state index >= 15 is 0 Å². The van der Waals surface area contributed by atoms with Gasteiger partial charge in [0.05, 0.1) is 12.7 Å². The highest BCUT2D eigenvalue weighted by Crippen LogP contribution is 2.30. The Morgan fingerprint density at radius 1 is 1.42 bits per heavy atom. The van der Waals surface area contributed by atoms with E-state index in [2.05, 4.69) is 27.7 Å². The van der Waals surface area contributed by atoms with Crippen LogP contribution in [0.5, 0.6) is 0 Å². The molecule has 2 heteroatoms. The SMILES string of the molecule is CCC[C@@H]1OCC(C)(C)[C@@H](C)O1. The van der Waals surface area contributed by atoms with Crippen LogP contribution in [0.3, 0.4) is 0 Å². The van der Waals surface area contributed by atoms with Crippen LogP contribution in [-0.4, -0.2) is 19.0 Å². The lowest BCUT2D eigenvalue weighted by atomic mass is 9.87. The second kappa shape index (κ2) is 3.75. The Hall–Kier alpha value is -0.0800. The van der Waals surface area contributed by atoms with Gasteiger partial charge in [-0.2, -0.15) is 0 Å². The summed E-state index contributed by atoms with van der Waals surface area (Å²) in [5.41, 5.74) is 0.171. The second-order valence-corrected chi connectivity index (χ2v) is 4.30. The molecule has 1 rings (SSSR count). The van der Waals surface area contributed by atoms with E-state index in [9.17, 15) is 0 Å². The lowest BCUT2D eigenvalue weighted by Gasteiger charge is -2.40. The van der Waals surface area contributed by atoms with Crippen molar-refractivity contribution >= 4 is 0 Å². The summed E-state index contributed by atoms with van der Waals surface area (Å²) in [6.07, 6.45) is 2.49. The predicted octanol–water partition coefficient (Wildman–Crippen LogP) is 2.57. The first-order chi connectivity index (χ1) is 5.56. The fraction of sp³-hybridized carbons (Fsp3) is 1.00. The van der Waals surface area contributed by atoms with Gasteiger partial charge < -0.3 is 9.47 Å². The molecule has 0 N–H and O–H groups in total. The van der Waals surface area contributed by atoms with Crippen molar-refractivity contribution in [3.63, 3.8) is 0 Å². The molecule has 2 nitrogen and oxygen atoms in total. The summed E-state index contributed by atoms with van der Waals surface area (Å²) < 4.78 is 11.3. The normalized spacial score (nSPS) is 35.0. The molecule has 1 aliphatic rings. The summed E-state index contributed by atoms with van der Waals surface area (Å²) in [5, 5.41) is 0. The minimum atomic E-state index is 0.0398. The average molecular weight is 172 g/mol. The third kappa shape index (κ3) is 2.20. The van der Waals surface area contributed by atoms with Gasteiger partial charge in [0.1, 0.15) is 0 Å². The summed E-state index contributed by atoms with van der Waals surface area (Å²) in [6.45, 7) is 9.46. The zero-order valence-electron chi connectivity index (χ0n) is 8.59. The molecule has 0 radical (unpaired) electrons. The van der Waals surface area contributed by atoms with Crippen molar-refractivity contribution in [1.82, 2.24) is 0 Å². The van der Waals surface area contributed by atoms with Crippen LogP contribution in [0.4, 0.5) is 0 Å². The molecule has 0 aromatic carbocycles. The first-order valence-electron chi connectivity index (χ1n) is 4.83. The Balaban J connectivity index is 2.41. The second-order valence-electron chi connectivity index (χ2n) is 4.30. The van der Waals surface area contributed by atoms with Gasteiger partial charge in [0.15, 0.2) is 6.29 Å². The molecule has 0 amide bonds. The number of hydrogen-bond acceptors (Lipinski definition) is 2. The Bertz CT molecular complexity index is 143. The third-order valence-corrected chi connectivity index (χ3v) is 2.62. The van der Waals surface area contributed by atoms with Crippen LogP contribution in [0.25, 0.3) is 0 Å². The van der Waals surface area contributed by atoms with E-state index in [1.807, 2.05) is 0 Å². The van der Waals surface area contributed by atoms with Gasteiger partial charge in [0, 0.05) is 5.41 Å². The van der Waals surface area contributed by atoms with Crippen LogP contribution >= 0.6 is 0 Å². The van der Waals surface area contributed by atoms with Crippen LogP contribution in [0.1, 0.15) is 40.5 Å². The third-order valence-electron chi connectivity index (χ3n) is 2.62. The highest BCUT2D eigenvalue weighted by Gasteiger charge is 2.34. The fourth-order valence-corrected chi connectivity index (χ4v) is 1.26. The van der Waals surface area contributed by atoms with E-state index in [4.69, 9.17) is 9.47 Å². The zero-order valence-corrected chi connectivity index (χ0v) is 8.59. The van der Waals surface area contributed by atoms with E-state index in [1.165, 1.54) is 0 Å². The topological polar surface area (TPSA) is 18.5 Å². The molecule has 0 aromatic rings. The summed E-state index contributed by atoms with van der Waals surface area (Å²) >= 11 is 0. The van der Waals surface area contributed by atoms with E-state index in [0.717, 1.165) is 19.4 Å². The van der Waals surface area contributed by atoms with E-state index < -0.39 is 0 Å². The van der Waals surface area contributed by atoms with Gasteiger partial charge in [-0.3, -0.25) is 0 Å². The standard InChI is InChI=1S/C10H20O2/c1-5-6-9-11-7-10(3,4)8(2)12-9/h8-9H,5-7H2,1-4H3/t8-,9-/m1/s1. The van der Waals surface area contributed by atoms with Crippen molar-refractivity contribution in [1.29, 1.82) is 0 Å². The van der Waals surface area contributed by atoms with Gasteiger partial charge in [0.25, 0.3) is 0 Å². The van der Waals surface area contributed by atoms with Crippen LogP contribution in [0, 0.1) is 5.41 Å². The predicted molar refractivity (Wildman–Crippen MR) is 49.0 cm³/mol. The number of hydrogen-bond donors (Lipinski definition) is 0. The van der Waals surface area contributed by atoms with Crippen LogP contribution in [-0.2, 0) is 9.47 Å². The van der Waals surface area contributed by atoms with Crippen molar-refractivity contribution < 1.29 is 9.47 Å². The Morgan fingerprint density at radius 3 is 2.58 bits per heavy atom. The first-order valence-corrected chi connectivity index (χ1v) is 4.83. The fourth-order valence-electron chi connectivity index (χ4n) is 1.26. The molecule has 0 aliphatic carbocycles. The molecule has 1 saturated heterocycles. The Kier molecular flexibility index (Phi) is 3.13. The van der Waals surface area contributed by atoms with Gasteiger partial charge >= 0.3 is 0 Å². The lowest BCUT2D eigenvalue weighted by Crippen LogP contribution is -2.44. The molecule has 0 spiro atoms. The van der Waals surface area contributed by atoms with Crippen molar-refractivity contribution in [3.8, 4) is 0 Å². The molecule has 0 saturated carbocycles. The van der Waals surface area contributed by atoms with Crippen molar-refractivity contribution in [3.05, 3.63) is 0 Å². The summed E-state index contributed by atoms with van der Waals surface area (Å²) in [4.78, 5) is 0. The van der Waals surface area contributed by atoms with Crippen LogP contribution in [0.2, 0.25) is 0 Å². The minimum absolute atomic E-state index is 0.0398. The maximum Gasteiger partial charge on any atom is 0.157 e. The molecular formula is C10H20O2. The van der Waals surface area contributed by atoms with Gasteiger partial charge in [0.2, 0.25) is 0 Å². The largest absolute Gasteiger partial charge is 0.352 e. The first kappa shape index (κ1) is 10.0. The zero-order chi connectivity index (χ0) is 9.19. The van der Waals surface area contributed by atoms with Gasteiger partial charge in [-0.05, 0) is 13.3 Å². The molecule has 0 unspecified atom stereocenters. The van der Waals surface area contributed by atoms with E-state index in [0.29, 0.717) is 6.10 Å². The average Bonchev–Trinajstić information content (AvgIpc) is 1.98. The quantitative estimate of drug-likeness (QED) is 0.637. The Morgan fingerprint density at radius 2 is 2.08 bits per heavy atom. The molecule has 0 bridgehead atoms. The van der Waals surface area contributed by atoms with Gasteiger partial charge in [-0.15, -0.1) is 0 Å². The highest BCUT2D eigenvalue weighted by molar-refractivity contribution is 4.79. The van der Waals surface area contributed by atoms with Crippen LogP contribution < -0.4 is 0 Å². The van der Waals surface area contributed by atoms with Crippen molar-refractivity contribution in [2.45, 2.75) is 52.9 Å². The maximum atomic E-state index is 5.72. The molecule has 72 valence electrons. The summed E-state index contributed by atoms with van der Waals surface area (Å²) in [7, 11) is 0. The molecule has 12 heavy (non-hydrogen) atoms. The number of rotatable bonds is 2. The molecule has 1 fully saturated rings. The van der Waals surface area contributed by atoms with E-state index in [-0.39, 0.29) is 11.7 Å². The molecule has 1 aliphatic heterocycles. The van der Waals surface area contributed by atoms with E-state index in [1.54, 1.807) is 0 Å². The lowest BCUT2D eigenvalue weighted by molar-refractivity contribution is -0.256. The molecule has 2 atom stereocenters. The smallest absolute Gasteiger partial charge is 0.157 e. The summed E-state index contributed by atoms with van der Waals surface area (Å²) in [5.74, 6) is 0. The molecule has 0 aromatic heterocycles. The number of ether oxygens (including phenoxy) is 2.